The van der Waals surface area contributed by atoms with E-state index in [2.05, 4.69) is 31.6 Å². The molecule has 0 aromatic carbocycles. The minimum Gasteiger partial charge on any atom is -0.356 e. The van der Waals surface area contributed by atoms with Crippen LogP contribution >= 0.6 is 0 Å². The van der Waals surface area contributed by atoms with E-state index in [1.165, 1.54) is 32.4 Å². The monoisotopic (exact) mass is 301 g/mol. The summed E-state index contributed by atoms with van der Waals surface area (Å²) < 4.78 is 0. The Morgan fingerprint density at radius 2 is 2.23 bits per heavy atom. The van der Waals surface area contributed by atoms with Gasteiger partial charge in [-0.3, -0.25) is 9.98 Å². The maximum Gasteiger partial charge on any atom is 0.190 e. The van der Waals surface area contributed by atoms with E-state index >= 15 is 0 Å². The van der Waals surface area contributed by atoms with Crippen LogP contribution in [0.15, 0.2) is 29.4 Å². The van der Waals surface area contributed by atoms with E-state index in [0.717, 1.165) is 43.1 Å². The molecule has 2 aliphatic rings. The highest BCUT2D eigenvalue weighted by Gasteiger charge is 2.34. The molecular weight excluding hydrogens is 274 g/mol. The van der Waals surface area contributed by atoms with Crippen molar-refractivity contribution in [1.29, 1.82) is 0 Å². The number of guanidine groups is 1. The van der Waals surface area contributed by atoms with Crippen LogP contribution in [0.3, 0.4) is 0 Å². The van der Waals surface area contributed by atoms with Crippen molar-refractivity contribution in [1.82, 2.24) is 20.5 Å². The normalized spacial score (nSPS) is 22.8. The first kappa shape index (κ1) is 15.3. The summed E-state index contributed by atoms with van der Waals surface area (Å²) >= 11 is 0. The van der Waals surface area contributed by atoms with Crippen molar-refractivity contribution in [2.75, 3.05) is 33.2 Å². The Hall–Kier alpha value is -1.62. The van der Waals surface area contributed by atoms with Crippen LogP contribution in [0.4, 0.5) is 0 Å². The molecule has 1 aliphatic carbocycles. The zero-order valence-corrected chi connectivity index (χ0v) is 13.5. The van der Waals surface area contributed by atoms with Crippen LogP contribution in [-0.4, -0.2) is 55.1 Å². The number of rotatable bonds is 6. The fraction of sp³-hybridized carbons (Fsp3) is 0.647. The van der Waals surface area contributed by atoms with Crippen molar-refractivity contribution in [3.05, 3.63) is 30.1 Å². The quantitative estimate of drug-likeness (QED) is 0.614. The number of likely N-dealkylation sites (tertiary alicyclic amines) is 1. The Kier molecular flexibility index (Phi) is 5.27. The Balaban J connectivity index is 1.33. The highest BCUT2D eigenvalue weighted by atomic mass is 15.2. The summed E-state index contributed by atoms with van der Waals surface area (Å²) in [6.45, 7) is 4.41. The van der Waals surface area contributed by atoms with E-state index in [1.807, 2.05) is 25.4 Å². The standard InChI is InChI=1S/C17H27N5/c1-18-17(20-10-7-15-4-2-3-9-19-15)21-12-14-8-11-22(13-14)16-5-6-16/h2-4,9,14,16H,5-8,10-13H2,1H3,(H2,18,20,21). The fourth-order valence-electron chi connectivity index (χ4n) is 3.12. The number of hydrogen-bond donors (Lipinski definition) is 2. The Labute approximate surface area is 133 Å². The lowest BCUT2D eigenvalue weighted by Gasteiger charge is -2.17. The number of pyridine rings is 1. The van der Waals surface area contributed by atoms with Crippen LogP contribution in [0.5, 0.6) is 0 Å². The predicted molar refractivity (Wildman–Crippen MR) is 90.0 cm³/mol. The van der Waals surface area contributed by atoms with E-state index in [4.69, 9.17) is 0 Å². The molecule has 1 unspecified atom stereocenters. The molecule has 0 bridgehead atoms. The van der Waals surface area contributed by atoms with Crippen molar-refractivity contribution in [2.24, 2.45) is 10.9 Å². The lowest BCUT2D eigenvalue weighted by molar-refractivity contribution is 0.314. The van der Waals surface area contributed by atoms with Gasteiger partial charge in [0.1, 0.15) is 0 Å². The Bertz CT molecular complexity index is 483. The van der Waals surface area contributed by atoms with Gasteiger partial charge in [-0.15, -0.1) is 0 Å². The van der Waals surface area contributed by atoms with Gasteiger partial charge in [-0.2, -0.15) is 0 Å². The molecule has 1 saturated heterocycles. The summed E-state index contributed by atoms with van der Waals surface area (Å²) in [5.74, 6) is 1.66. The second kappa shape index (κ2) is 7.58. The third-order valence-electron chi connectivity index (χ3n) is 4.56. The second-order valence-corrected chi connectivity index (χ2v) is 6.33. The zero-order valence-electron chi connectivity index (χ0n) is 13.5. The Morgan fingerprint density at radius 3 is 2.95 bits per heavy atom. The van der Waals surface area contributed by atoms with Crippen molar-refractivity contribution in [2.45, 2.75) is 31.7 Å². The zero-order chi connectivity index (χ0) is 15.2. The van der Waals surface area contributed by atoms with Crippen LogP contribution < -0.4 is 10.6 Å². The topological polar surface area (TPSA) is 52.6 Å². The maximum atomic E-state index is 4.34. The molecule has 1 aromatic heterocycles. The molecule has 5 nitrogen and oxygen atoms in total. The molecule has 0 spiro atoms. The van der Waals surface area contributed by atoms with Crippen LogP contribution in [0.2, 0.25) is 0 Å². The molecule has 1 saturated carbocycles. The summed E-state index contributed by atoms with van der Waals surface area (Å²) in [4.78, 5) is 11.3. The number of nitrogens with zero attached hydrogens (tertiary/aromatic N) is 3. The van der Waals surface area contributed by atoms with Gasteiger partial charge in [-0.25, -0.2) is 0 Å². The van der Waals surface area contributed by atoms with Gasteiger partial charge in [0, 0.05) is 51.0 Å². The fourth-order valence-corrected chi connectivity index (χ4v) is 3.12. The van der Waals surface area contributed by atoms with Crippen molar-refractivity contribution in [3.63, 3.8) is 0 Å². The van der Waals surface area contributed by atoms with Crippen LogP contribution in [0.1, 0.15) is 25.0 Å². The first-order valence-electron chi connectivity index (χ1n) is 8.43. The van der Waals surface area contributed by atoms with Crippen LogP contribution in [0, 0.1) is 5.92 Å². The first-order chi connectivity index (χ1) is 10.8. The van der Waals surface area contributed by atoms with Crippen molar-refractivity contribution < 1.29 is 0 Å². The van der Waals surface area contributed by atoms with Gasteiger partial charge in [-0.05, 0) is 43.9 Å². The summed E-state index contributed by atoms with van der Waals surface area (Å²) in [5.41, 5.74) is 1.11. The highest BCUT2D eigenvalue weighted by Crippen LogP contribution is 2.31. The SMILES string of the molecule is CN=C(NCCc1ccccn1)NCC1CCN(C2CC2)C1. The van der Waals surface area contributed by atoms with Crippen molar-refractivity contribution >= 4 is 5.96 Å². The third-order valence-corrected chi connectivity index (χ3v) is 4.56. The Morgan fingerprint density at radius 1 is 1.32 bits per heavy atom. The molecule has 0 radical (unpaired) electrons. The molecule has 0 amide bonds. The van der Waals surface area contributed by atoms with Crippen molar-refractivity contribution in [3.8, 4) is 0 Å². The van der Waals surface area contributed by atoms with Crippen LogP contribution in [0.25, 0.3) is 0 Å². The first-order valence-corrected chi connectivity index (χ1v) is 8.43. The molecule has 2 heterocycles. The van der Waals surface area contributed by atoms with E-state index in [1.54, 1.807) is 0 Å². The van der Waals surface area contributed by atoms with Gasteiger partial charge in [0.15, 0.2) is 5.96 Å². The molecule has 2 fully saturated rings. The summed E-state index contributed by atoms with van der Waals surface area (Å²) in [7, 11) is 1.83. The van der Waals surface area contributed by atoms with Gasteiger partial charge in [0.2, 0.25) is 0 Å². The molecule has 1 aromatic rings. The molecule has 22 heavy (non-hydrogen) atoms. The molecular formula is C17H27N5. The molecule has 1 atom stereocenters. The largest absolute Gasteiger partial charge is 0.356 e. The van der Waals surface area contributed by atoms with Gasteiger partial charge >= 0.3 is 0 Å². The molecule has 1 aliphatic heterocycles. The molecule has 3 rings (SSSR count). The predicted octanol–water partition coefficient (Wildman–Crippen LogP) is 1.27. The lowest BCUT2D eigenvalue weighted by atomic mass is 10.1. The number of aromatic nitrogens is 1. The van der Waals surface area contributed by atoms with Gasteiger partial charge < -0.3 is 15.5 Å². The average molecular weight is 301 g/mol. The maximum absolute atomic E-state index is 4.34. The summed E-state index contributed by atoms with van der Waals surface area (Å²) in [6, 6.07) is 6.94. The summed E-state index contributed by atoms with van der Waals surface area (Å²) in [6.07, 6.45) is 6.90. The van der Waals surface area contributed by atoms with E-state index in [0.29, 0.717) is 0 Å². The second-order valence-electron chi connectivity index (χ2n) is 6.33. The lowest BCUT2D eigenvalue weighted by Crippen LogP contribution is -2.41. The molecule has 120 valence electrons. The molecule has 2 N–H and O–H groups in total. The van der Waals surface area contributed by atoms with Gasteiger partial charge in [-0.1, -0.05) is 6.07 Å². The highest BCUT2D eigenvalue weighted by molar-refractivity contribution is 5.79. The smallest absolute Gasteiger partial charge is 0.190 e. The molecule has 5 heteroatoms. The minimum atomic E-state index is 0.759. The van der Waals surface area contributed by atoms with Crippen LogP contribution in [-0.2, 0) is 6.42 Å². The average Bonchev–Trinajstić information content (AvgIpc) is 3.30. The van der Waals surface area contributed by atoms with E-state index < -0.39 is 0 Å². The third kappa shape index (κ3) is 4.44. The number of aliphatic imine (C=N–C) groups is 1. The van der Waals surface area contributed by atoms with E-state index in [-0.39, 0.29) is 0 Å². The van der Waals surface area contributed by atoms with E-state index in [9.17, 15) is 0 Å². The van der Waals surface area contributed by atoms with Gasteiger partial charge in [0.25, 0.3) is 0 Å². The number of nitrogens with one attached hydrogen (secondary N) is 2. The summed E-state index contributed by atoms with van der Waals surface area (Å²) in [5, 5.41) is 6.84. The minimum absolute atomic E-state index is 0.759. The number of hydrogen-bond acceptors (Lipinski definition) is 3. The van der Waals surface area contributed by atoms with Gasteiger partial charge in [0.05, 0.1) is 0 Å².